The Hall–Kier alpha value is -2.35. The maximum absolute atomic E-state index is 12.4. The van der Waals surface area contributed by atoms with E-state index in [0.29, 0.717) is 39.1 Å². The molecule has 7 heteroatoms. The fourth-order valence-electron chi connectivity index (χ4n) is 4.35. The smallest absolute Gasteiger partial charge is 0.410 e. The molecule has 2 aliphatic rings. The van der Waals surface area contributed by atoms with E-state index in [9.17, 15) is 4.79 Å². The molecule has 1 spiro atoms. The van der Waals surface area contributed by atoms with Gasteiger partial charge in [0, 0.05) is 47.5 Å². The lowest BCUT2D eigenvalue weighted by Gasteiger charge is -2.45. The van der Waals surface area contributed by atoms with E-state index in [1.807, 2.05) is 42.5 Å². The molecule has 2 aromatic carbocycles. The van der Waals surface area contributed by atoms with Crippen LogP contribution >= 0.6 is 15.9 Å². The third kappa shape index (κ3) is 4.22. The number of hydrogen-bond acceptors (Lipinski definition) is 4. The summed E-state index contributed by atoms with van der Waals surface area (Å²) in [5.74, 6) is -0.601. The molecule has 0 radical (unpaired) electrons. The Labute approximate surface area is 189 Å². The van der Waals surface area contributed by atoms with Gasteiger partial charge in [0.25, 0.3) is 0 Å². The highest BCUT2D eigenvalue weighted by Crippen LogP contribution is 2.35. The summed E-state index contributed by atoms with van der Waals surface area (Å²) < 4.78 is 21.3. The van der Waals surface area contributed by atoms with Crippen LogP contribution in [0.1, 0.15) is 24.4 Å². The zero-order valence-corrected chi connectivity index (χ0v) is 18.8. The molecule has 6 nitrogen and oxygen atoms in total. The molecule has 0 bridgehead atoms. The average molecular weight is 485 g/mol. The van der Waals surface area contributed by atoms with Crippen LogP contribution in [-0.4, -0.2) is 47.7 Å². The van der Waals surface area contributed by atoms with Crippen molar-refractivity contribution in [1.29, 1.82) is 0 Å². The number of fused-ring (bicyclic) bond motifs is 1. The van der Waals surface area contributed by atoms with Gasteiger partial charge in [0.15, 0.2) is 5.79 Å². The summed E-state index contributed by atoms with van der Waals surface area (Å²) in [5.41, 5.74) is 2.15. The molecule has 3 aromatic rings. The Balaban J connectivity index is 1.15. The summed E-state index contributed by atoms with van der Waals surface area (Å²) >= 11 is 3.61. The van der Waals surface area contributed by atoms with Crippen LogP contribution in [0.2, 0.25) is 0 Å². The van der Waals surface area contributed by atoms with Gasteiger partial charge < -0.3 is 23.7 Å². The lowest BCUT2D eigenvalue weighted by molar-refractivity contribution is -0.293. The monoisotopic (exact) mass is 484 g/mol. The van der Waals surface area contributed by atoms with E-state index in [0.717, 1.165) is 10.0 Å². The number of hydrogen-bond donors (Lipinski definition) is 0. The molecule has 31 heavy (non-hydrogen) atoms. The van der Waals surface area contributed by atoms with Crippen LogP contribution in [0, 0.1) is 0 Å². The van der Waals surface area contributed by atoms with Crippen LogP contribution in [0.5, 0.6) is 0 Å². The highest BCUT2D eigenvalue weighted by molar-refractivity contribution is 9.10. The standard InChI is InChI=1S/C24H25BrN2O4/c25-21-7-4-8-22-20(21)9-12-27(22)19-16-30-24(31-17-19)10-13-26(14-11-24)23(28)29-15-18-5-2-1-3-6-18/h1-9,12,19H,10-11,13-17H2. The number of benzene rings is 2. The van der Waals surface area contributed by atoms with Gasteiger partial charge in [0.05, 0.1) is 19.3 Å². The van der Waals surface area contributed by atoms with Gasteiger partial charge in [0.2, 0.25) is 0 Å². The minimum absolute atomic E-state index is 0.131. The molecule has 3 heterocycles. The summed E-state index contributed by atoms with van der Waals surface area (Å²) in [6.07, 6.45) is 3.11. The maximum atomic E-state index is 12.4. The predicted molar refractivity (Wildman–Crippen MR) is 121 cm³/mol. The highest BCUT2D eigenvalue weighted by atomic mass is 79.9. The summed E-state index contributed by atoms with van der Waals surface area (Å²) in [7, 11) is 0. The Morgan fingerprint density at radius 1 is 1.03 bits per heavy atom. The maximum Gasteiger partial charge on any atom is 0.410 e. The summed E-state index contributed by atoms with van der Waals surface area (Å²) in [6.45, 7) is 2.61. The molecule has 0 N–H and O–H groups in total. The molecule has 1 aromatic heterocycles. The summed E-state index contributed by atoms with van der Waals surface area (Å²) in [5, 5.41) is 1.19. The number of aromatic nitrogens is 1. The second-order valence-corrected chi connectivity index (χ2v) is 8.96. The first-order chi connectivity index (χ1) is 15.1. The van der Waals surface area contributed by atoms with Crippen molar-refractivity contribution >= 4 is 32.9 Å². The largest absolute Gasteiger partial charge is 0.445 e. The summed E-state index contributed by atoms with van der Waals surface area (Å²) in [4.78, 5) is 14.2. The minimum atomic E-state index is -0.601. The zero-order valence-electron chi connectivity index (χ0n) is 17.2. The van der Waals surface area contributed by atoms with E-state index < -0.39 is 5.79 Å². The molecule has 0 unspecified atom stereocenters. The van der Waals surface area contributed by atoms with Gasteiger partial charge in [-0.3, -0.25) is 0 Å². The van der Waals surface area contributed by atoms with E-state index in [4.69, 9.17) is 14.2 Å². The molecule has 2 aliphatic heterocycles. The van der Waals surface area contributed by atoms with Gasteiger partial charge >= 0.3 is 6.09 Å². The number of likely N-dealkylation sites (tertiary alicyclic amines) is 1. The number of rotatable bonds is 3. The van der Waals surface area contributed by atoms with Gasteiger partial charge in [-0.2, -0.15) is 0 Å². The number of ether oxygens (including phenoxy) is 3. The summed E-state index contributed by atoms with van der Waals surface area (Å²) in [6, 6.07) is 18.2. The molecular weight excluding hydrogens is 460 g/mol. The molecule has 0 aliphatic carbocycles. The predicted octanol–water partition coefficient (Wildman–Crippen LogP) is 5.12. The quantitative estimate of drug-likeness (QED) is 0.517. The van der Waals surface area contributed by atoms with Gasteiger partial charge in [0.1, 0.15) is 6.61 Å². The van der Waals surface area contributed by atoms with Crippen molar-refractivity contribution in [3.8, 4) is 0 Å². The first-order valence-electron chi connectivity index (χ1n) is 10.6. The van der Waals surface area contributed by atoms with Crippen molar-refractivity contribution in [3.63, 3.8) is 0 Å². The van der Waals surface area contributed by atoms with Crippen molar-refractivity contribution in [2.45, 2.75) is 31.3 Å². The van der Waals surface area contributed by atoms with Gasteiger partial charge in [-0.25, -0.2) is 4.79 Å². The van der Waals surface area contributed by atoms with Crippen LogP contribution < -0.4 is 0 Å². The Morgan fingerprint density at radius 2 is 1.77 bits per heavy atom. The Morgan fingerprint density at radius 3 is 2.52 bits per heavy atom. The molecule has 2 saturated heterocycles. The zero-order chi connectivity index (χ0) is 21.3. The first-order valence-corrected chi connectivity index (χ1v) is 11.4. The number of halogens is 1. The van der Waals surface area contributed by atoms with Crippen LogP contribution in [0.4, 0.5) is 4.79 Å². The van der Waals surface area contributed by atoms with Crippen molar-refractivity contribution in [3.05, 3.63) is 70.8 Å². The van der Waals surface area contributed by atoms with Crippen molar-refractivity contribution in [1.82, 2.24) is 9.47 Å². The lowest BCUT2D eigenvalue weighted by atomic mass is 10.0. The highest BCUT2D eigenvalue weighted by Gasteiger charge is 2.42. The number of amides is 1. The molecule has 1 amide bonds. The van der Waals surface area contributed by atoms with Gasteiger partial charge in [-0.05, 0) is 23.8 Å². The average Bonchev–Trinajstić information content (AvgIpc) is 3.25. The van der Waals surface area contributed by atoms with Crippen LogP contribution in [0.25, 0.3) is 10.9 Å². The van der Waals surface area contributed by atoms with Gasteiger partial charge in [-0.1, -0.05) is 52.3 Å². The van der Waals surface area contributed by atoms with E-state index in [1.54, 1.807) is 4.90 Å². The second-order valence-electron chi connectivity index (χ2n) is 8.11. The fraction of sp³-hybridized carbons (Fsp3) is 0.375. The van der Waals surface area contributed by atoms with Crippen molar-refractivity contribution in [2.24, 2.45) is 0 Å². The molecule has 0 atom stereocenters. The number of piperidine rings is 1. The Bertz CT molecular complexity index is 1050. The molecule has 5 rings (SSSR count). The third-order valence-corrected chi connectivity index (χ3v) is 6.86. The van der Waals surface area contributed by atoms with E-state index in [-0.39, 0.29) is 18.7 Å². The van der Waals surface area contributed by atoms with Crippen molar-refractivity contribution < 1.29 is 19.0 Å². The second kappa shape index (κ2) is 8.65. The normalized spacial score (nSPS) is 19.1. The third-order valence-electron chi connectivity index (χ3n) is 6.17. The molecule has 162 valence electrons. The Kier molecular flexibility index (Phi) is 5.73. The number of carbonyl (C=O) groups excluding carboxylic acids is 1. The van der Waals surface area contributed by atoms with Crippen molar-refractivity contribution in [2.75, 3.05) is 26.3 Å². The fourth-order valence-corrected chi connectivity index (χ4v) is 4.83. The molecular formula is C24H25BrN2O4. The van der Waals surface area contributed by atoms with E-state index >= 15 is 0 Å². The SMILES string of the molecule is O=C(OCc1ccccc1)N1CCC2(CC1)OCC(n1ccc3c(Br)cccc31)CO2. The lowest BCUT2D eigenvalue weighted by Crippen LogP contribution is -2.53. The molecule has 2 fully saturated rings. The molecule has 0 saturated carbocycles. The number of nitrogens with zero attached hydrogens (tertiary/aromatic N) is 2. The van der Waals surface area contributed by atoms with Crippen LogP contribution in [0.15, 0.2) is 65.3 Å². The van der Waals surface area contributed by atoms with E-state index in [2.05, 4.69) is 38.8 Å². The van der Waals surface area contributed by atoms with E-state index in [1.165, 1.54) is 10.9 Å². The first kappa shape index (κ1) is 20.5. The number of carbonyl (C=O) groups is 1. The van der Waals surface area contributed by atoms with Gasteiger partial charge in [-0.15, -0.1) is 0 Å². The van der Waals surface area contributed by atoms with Crippen LogP contribution in [-0.2, 0) is 20.8 Å². The van der Waals surface area contributed by atoms with Crippen LogP contribution in [0.3, 0.4) is 0 Å². The topological polar surface area (TPSA) is 52.9 Å². The minimum Gasteiger partial charge on any atom is -0.445 e.